The van der Waals surface area contributed by atoms with E-state index in [4.69, 9.17) is 17.3 Å². The van der Waals surface area contributed by atoms with Crippen LogP contribution in [0.3, 0.4) is 0 Å². The molecule has 2 N–H and O–H groups in total. The molecule has 9 heteroatoms. The summed E-state index contributed by atoms with van der Waals surface area (Å²) in [4.78, 5) is 10.2. The molecule has 1 heterocycles. The van der Waals surface area contributed by atoms with Crippen molar-refractivity contribution in [2.24, 2.45) is 17.6 Å². The highest BCUT2D eigenvalue weighted by Gasteiger charge is 2.45. The van der Waals surface area contributed by atoms with Gasteiger partial charge in [0.05, 0.1) is 4.92 Å². The predicted octanol–water partition coefficient (Wildman–Crippen LogP) is 1.91. The van der Waals surface area contributed by atoms with Crippen LogP contribution in [0.5, 0.6) is 0 Å². The number of nitro groups is 1. The van der Waals surface area contributed by atoms with Crippen molar-refractivity contribution in [1.29, 1.82) is 0 Å². The summed E-state index contributed by atoms with van der Waals surface area (Å²) in [5, 5.41) is 10.7. The Morgan fingerprint density at radius 3 is 2.65 bits per heavy atom. The van der Waals surface area contributed by atoms with Crippen molar-refractivity contribution < 1.29 is 13.3 Å². The Morgan fingerprint density at radius 1 is 1.35 bits per heavy atom. The SMILES string of the molecule is Cc1cc([N+](=O)[O-])c(Cl)c(S(=O)(=O)N2CC3CCC(N)C3C2)c1. The van der Waals surface area contributed by atoms with Gasteiger partial charge in [-0.25, -0.2) is 8.42 Å². The Kier molecular flexibility index (Phi) is 4.12. The van der Waals surface area contributed by atoms with Gasteiger partial charge in [0.2, 0.25) is 10.0 Å². The molecular formula is C14H18ClN3O4S. The second kappa shape index (κ2) is 5.70. The third kappa shape index (κ3) is 2.73. The summed E-state index contributed by atoms with van der Waals surface area (Å²) in [6, 6.07) is 2.68. The van der Waals surface area contributed by atoms with Gasteiger partial charge in [-0.15, -0.1) is 0 Å². The molecule has 1 saturated carbocycles. The number of nitrogens with zero attached hydrogens (tertiary/aromatic N) is 2. The number of nitrogens with two attached hydrogens (primary N) is 1. The van der Waals surface area contributed by atoms with E-state index in [1.807, 2.05) is 0 Å². The van der Waals surface area contributed by atoms with Crippen LogP contribution in [-0.2, 0) is 10.0 Å². The number of rotatable bonds is 3. The lowest BCUT2D eigenvalue weighted by Crippen LogP contribution is -2.33. The van der Waals surface area contributed by atoms with E-state index in [2.05, 4.69) is 0 Å². The Bertz CT molecular complexity index is 768. The zero-order valence-electron chi connectivity index (χ0n) is 12.6. The molecular weight excluding hydrogens is 342 g/mol. The molecule has 23 heavy (non-hydrogen) atoms. The summed E-state index contributed by atoms with van der Waals surface area (Å²) >= 11 is 6.02. The van der Waals surface area contributed by atoms with Gasteiger partial charge in [-0.1, -0.05) is 11.6 Å². The van der Waals surface area contributed by atoms with Crippen molar-refractivity contribution in [2.45, 2.75) is 30.7 Å². The molecule has 2 fully saturated rings. The Hall–Kier alpha value is -1.22. The lowest BCUT2D eigenvalue weighted by molar-refractivity contribution is -0.385. The molecule has 2 aliphatic rings. The zero-order chi connectivity index (χ0) is 16.9. The van der Waals surface area contributed by atoms with Gasteiger partial charge in [-0.3, -0.25) is 10.1 Å². The van der Waals surface area contributed by atoms with E-state index in [1.165, 1.54) is 16.4 Å². The Morgan fingerprint density at radius 2 is 2.04 bits per heavy atom. The Balaban J connectivity index is 2.00. The number of hydrogen-bond donors (Lipinski definition) is 1. The second-order valence-corrected chi connectivity index (χ2v) is 8.62. The van der Waals surface area contributed by atoms with Gasteiger partial charge < -0.3 is 5.73 Å². The molecule has 1 aromatic rings. The summed E-state index contributed by atoms with van der Waals surface area (Å²) in [7, 11) is -3.87. The van der Waals surface area contributed by atoms with E-state index in [0.717, 1.165) is 12.8 Å². The maximum absolute atomic E-state index is 12.9. The highest BCUT2D eigenvalue weighted by atomic mass is 35.5. The first-order valence-corrected chi connectivity index (χ1v) is 9.24. The smallest absolute Gasteiger partial charge is 0.289 e. The molecule has 3 rings (SSSR count). The first kappa shape index (κ1) is 16.6. The van der Waals surface area contributed by atoms with Crippen LogP contribution in [0.15, 0.2) is 17.0 Å². The average molecular weight is 360 g/mol. The fraction of sp³-hybridized carbons (Fsp3) is 0.571. The van der Waals surface area contributed by atoms with Crippen LogP contribution in [0.4, 0.5) is 5.69 Å². The molecule has 1 aromatic carbocycles. The average Bonchev–Trinajstić information content (AvgIpc) is 3.03. The molecule has 0 bridgehead atoms. The molecule has 1 aliphatic carbocycles. The summed E-state index contributed by atoms with van der Waals surface area (Å²) in [6.45, 7) is 2.36. The lowest BCUT2D eigenvalue weighted by atomic mass is 9.98. The van der Waals surface area contributed by atoms with Crippen LogP contribution in [0.2, 0.25) is 5.02 Å². The number of halogens is 1. The predicted molar refractivity (Wildman–Crippen MR) is 85.8 cm³/mol. The van der Waals surface area contributed by atoms with E-state index in [1.54, 1.807) is 6.92 Å². The van der Waals surface area contributed by atoms with Crippen molar-refractivity contribution in [3.05, 3.63) is 32.8 Å². The van der Waals surface area contributed by atoms with Gasteiger partial charge in [0.15, 0.2) is 0 Å². The van der Waals surface area contributed by atoms with Crippen molar-refractivity contribution in [1.82, 2.24) is 4.31 Å². The zero-order valence-corrected chi connectivity index (χ0v) is 14.2. The first-order valence-electron chi connectivity index (χ1n) is 7.42. The van der Waals surface area contributed by atoms with Gasteiger partial charge in [0.25, 0.3) is 5.69 Å². The maximum atomic E-state index is 12.9. The number of nitro benzene ring substituents is 1. The molecule has 126 valence electrons. The largest absolute Gasteiger partial charge is 0.327 e. The summed E-state index contributed by atoms with van der Waals surface area (Å²) in [5.74, 6) is 0.418. The van der Waals surface area contributed by atoms with Crippen molar-refractivity contribution in [3.63, 3.8) is 0 Å². The number of hydrogen-bond acceptors (Lipinski definition) is 5. The second-order valence-electron chi connectivity index (χ2n) is 6.34. The summed E-state index contributed by atoms with van der Waals surface area (Å²) < 4.78 is 27.2. The highest BCUT2D eigenvalue weighted by molar-refractivity contribution is 7.89. The van der Waals surface area contributed by atoms with Crippen LogP contribution in [0.25, 0.3) is 0 Å². The van der Waals surface area contributed by atoms with Gasteiger partial charge in [0.1, 0.15) is 9.92 Å². The minimum atomic E-state index is -3.87. The molecule has 0 radical (unpaired) electrons. The van der Waals surface area contributed by atoms with Crippen molar-refractivity contribution in [2.75, 3.05) is 13.1 Å². The first-order chi connectivity index (χ1) is 10.7. The Labute approximate surface area is 139 Å². The fourth-order valence-corrected chi connectivity index (χ4v) is 5.81. The molecule has 7 nitrogen and oxygen atoms in total. The van der Waals surface area contributed by atoms with Gasteiger partial charge >= 0.3 is 0 Å². The number of fused-ring (bicyclic) bond motifs is 1. The number of sulfonamides is 1. The molecule has 0 spiro atoms. The van der Waals surface area contributed by atoms with Gasteiger partial charge in [-0.05, 0) is 43.2 Å². The van der Waals surface area contributed by atoms with Gasteiger partial charge in [-0.2, -0.15) is 4.31 Å². The minimum Gasteiger partial charge on any atom is -0.327 e. The molecule has 0 amide bonds. The number of aryl methyl sites for hydroxylation is 1. The molecule has 0 aromatic heterocycles. The van der Waals surface area contributed by atoms with E-state index in [9.17, 15) is 18.5 Å². The third-order valence-corrected chi connectivity index (χ3v) is 7.22. The standard InChI is InChI=1S/C14H18ClN3O4S/c1-8-4-12(18(19)20)14(15)13(5-8)23(21,22)17-6-9-2-3-11(16)10(9)7-17/h4-5,9-11H,2-3,6-7,16H2,1H3. The maximum Gasteiger partial charge on any atom is 0.289 e. The lowest BCUT2D eigenvalue weighted by Gasteiger charge is -2.19. The van der Waals surface area contributed by atoms with Crippen LogP contribution >= 0.6 is 11.6 Å². The molecule has 1 aliphatic heterocycles. The van der Waals surface area contributed by atoms with Crippen molar-refractivity contribution >= 4 is 27.3 Å². The topological polar surface area (TPSA) is 107 Å². The highest BCUT2D eigenvalue weighted by Crippen LogP contribution is 2.41. The summed E-state index contributed by atoms with van der Waals surface area (Å²) in [5.41, 5.74) is 6.14. The monoisotopic (exact) mass is 359 g/mol. The molecule has 3 unspecified atom stereocenters. The van der Waals surface area contributed by atoms with Crippen molar-refractivity contribution in [3.8, 4) is 0 Å². The van der Waals surface area contributed by atoms with Crippen LogP contribution in [0.1, 0.15) is 18.4 Å². The van der Waals surface area contributed by atoms with Crippen LogP contribution in [-0.4, -0.2) is 36.8 Å². The third-order valence-electron chi connectivity index (χ3n) is 4.86. The normalized spacial score (nSPS) is 28.0. The van der Waals surface area contributed by atoms with E-state index >= 15 is 0 Å². The van der Waals surface area contributed by atoms with E-state index in [0.29, 0.717) is 18.7 Å². The van der Waals surface area contributed by atoms with Crippen LogP contribution < -0.4 is 5.73 Å². The van der Waals surface area contributed by atoms with E-state index < -0.39 is 14.9 Å². The molecule has 1 saturated heterocycles. The van der Waals surface area contributed by atoms with E-state index in [-0.39, 0.29) is 33.5 Å². The quantitative estimate of drug-likeness (QED) is 0.655. The molecule has 3 atom stereocenters. The summed E-state index contributed by atoms with van der Waals surface area (Å²) in [6.07, 6.45) is 1.83. The fourth-order valence-electron chi connectivity index (χ4n) is 3.64. The van der Waals surface area contributed by atoms with Gasteiger partial charge in [0, 0.05) is 25.2 Å². The minimum absolute atomic E-state index is 0.0162. The number of benzene rings is 1. The van der Waals surface area contributed by atoms with Crippen LogP contribution in [0, 0.1) is 28.9 Å².